The maximum Gasteiger partial charge on any atom is 0.220 e. The van der Waals surface area contributed by atoms with Crippen LogP contribution in [0.25, 0.3) is 0 Å². The van der Waals surface area contributed by atoms with Crippen LogP contribution in [0, 0.1) is 20.8 Å². The smallest absolute Gasteiger partial charge is 0.220 e. The van der Waals surface area contributed by atoms with Crippen LogP contribution in [-0.2, 0) is 18.4 Å². The summed E-state index contributed by atoms with van der Waals surface area (Å²) in [5, 5.41) is 11.7. The zero-order chi connectivity index (χ0) is 16.3. The van der Waals surface area contributed by atoms with E-state index in [2.05, 4.69) is 15.5 Å². The van der Waals surface area contributed by atoms with Crippen molar-refractivity contribution in [2.45, 2.75) is 53.1 Å². The van der Waals surface area contributed by atoms with Crippen LogP contribution in [0.3, 0.4) is 0 Å². The molecule has 0 fully saturated rings. The Bertz CT molecular complexity index is 656. The van der Waals surface area contributed by atoms with Crippen LogP contribution in [0.2, 0.25) is 0 Å². The van der Waals surface area contributed by atoms with Crippen LogP contribution in [0.1, 0.15) is 48.5 Å². The quantitative estimate of drug-likeness (QED) is 0.889. The Morgan fingerprint density at radius 3 is 2.64 bits per heavy atom. The maximum atomic E-state index is 12.1. The molecule has 2 aromatic rings. The fraction of sp³-hybridized carbons (Fsp3) is 0.562. The van der Waals surface area contributed by atoms with Gasteiger partial charge in [-0.05, 0) is 40.2 Å². The second-order valence-corrected chi connectivity index (χ2v) is 5.85. The van der Waals surface area contributed by atoms with E-state index in [1.807, 2.05) is 56.4 Å². The number of carbonyl (C=O) groups excluding carboxylic acids is 1. The third-order valence-corrected chi connectivity index (χ3v) is 3.99. The number of aromatic nitrogens is 4. The summed E-state index contributed by atoms with van der Waals surface area (Å²) < 4.78 is 3.78. The minimum Gasteiger partial charge on any atom is -0.349 e. The van der Waals surface area contributed by atoms with E-state index in [1.165, 1.54) is 0 Å². The topological polar surface area (TPSA) is 64.7 Å². The van der Waals surface area contributed by atoms with Crippen molar-refractivity contribution in [1.82, 2.24) is 24.9 Å². The number of amides is 1. The Morgan fingerprint density at radius 1 is 1.36 bits per heavy atom. The fourth-order valence-corrected chi connectivity index (χ4v) is 2.62. The molecule has 22 heavy (non-hydrogen) atoms. The van der Waals surface area contributed by atoms with Crippen molar-refractivity contribution in [2.75, 3.05) is 0 Å². The van der Waals surface area contributed by atoms with E-state index >= 15 is 0 Å². The SMILES string of the molecule is Cc1cc(C)n(CCCC(=O)NC(C)c2cnn(C)c2C)n1. The van der Waals surface area contributed by atoms with Gasteiger partial charge >= 0.3 is 0 Å². The molecule has 0 saturated heterocycles. The summed E-state index contributed by atoms with van der Waals surface area (Å²) in [5.74, 6) is 0.0669. The molecule has 0 radical (unpaired) electrons. The molecule has 2 rings (SSSR count). The molecule has 0 spiro atoms. The van der Waals surface area contributed by atoms with E-state index in [0.717, 1.165) is 35.6 Å². The standard InChI is InChI=1S/C16H25N5O/c1-11-9-12(2)21(19-11)8-6-7-16(22)18-13(3)15-10-17-20(5)14(15)4/h9-10,13H,6-8H2,1-5H3,(H,18,22). The molecule has 2 aromatic heterocycles. The highest BCUT2D eigenvalue weighted by molar-refractivity contribution is 5.76. The first kappa shape index (κ1) is 16.3. The molecular weight excluding hydrogens is 278 g/mol. The monoisotopic (exact) mass is 303 g/mol. The molecule has 0 aliphatic carbocycles. The number of rotatable bonds is 6. The van der Waals surface area contributed by atoms with Crippen LogP contribution in [0.4, 0.5) is 0 Å². The van der Waals surface area contributed by atoms with E-state index in [4.69, 9.17) is 0 Å². The Morgan fingerprint density at radius 2 is 2.09 bits per heavy atom. The van der Waals surface area contributed by atoms with Gasteiger partial charge in [0.15, 0.2) is 0 Å². The number of nitrogens with one attached hydrogen (secondary N) is 1. The van der Waals surface area contributed by atoms with Crippen molar-refractivity contribution in [3.05, 3.63) is 34.9 Å². The third kappa shape index (κ3) is 3.75. The lowest BCUT2D eigenvalue weighted by atomic mass is 10.1. The Hall–Kier alpha value is -2.11. The minimum absolute atomic E-state index is 0.0186. The summed E-state index contributed by atoms with van der Waals surface area (Å²) in [6, 6.07) is 2.03. The van der Waals surface area contributed by atoms with Gasteiger partial charge in [-0.1, -0.05) is 0 Å². The van der Waals surface area contributed by atoms with Crippen molar-refractivity contribution >= 4 is 5.91 Å². The predicted molar refractivity (Wildman–Crippen MR) is 85.4 cm³/mol. The predicted octanol–water partition coefficient (Wildman–Crippen LogP) is 2.20. The lowest BCUT2D eigenvalue weighted by Gasteiger charge is -2.14. The summed E-state index contributed by atoms with van der Waals surface area (Å²) in [6.45, 7) is 8.78. The van der Waals surface area contributed by atoms with E-state index in [9.17, 15) is 4.79 Å². The number of nitrogens with zero attached hydrogens (tertiary/aromatic N) is 4. The summed E-state index contributed by atoms with van der Waals surface area (Å²) in [7, 11) is 1.90. The molecule has 6 heteroatoms. The molecule has 6 nitrogen and oxygen atoms in total. The summed E-state index contributed by atoms with van der Waals surface area (Å²) >= 11 is 0. The van der Waals surface area contributed by atoms with Gasteiger partial charge in [-0.3, -0.25) is 14.2 Å². The Balaban J connectivity index is 1.80. The zero-order valence-corrected chi connectivity index (χ0v) is 14.1. The summed E-state index contributed by atoms with van der Waals surface area (Å²) in [6.07, 6.45) is 3.10. The second-order valence-electron chi connectivity index (χ2n) is 5.85. The molecule has 0 aromatic carbocycles. The first-order valence-corrected chi connectivity index (χ1v) is 7.67. The van der Waals surface area contributed by atoms with Crippen molar-refractivity contribution in [3.8, 4) is 0 Å². The van der Waals surface area contributed by atoms with Gasteiger partial charge in [-0.15, -0.1) is 0 Å². The molecule has 1 unspecified atom stereocenters. The Kier molecular flexibility index (Phi) is 5.00. The van der Waals surface area contributed by atoms with Crippen molar-refractivity contribution in [3.63, 3.8) is 0 Å². The van der Waals surface area contributed by atoms with Gasteiger partial charge in [0.25, 0.3) is 0 Å². The van der Waals surface area contributed by atoms with Crippen LogP contribution < -0.4 is 5.32 Å². The van der Waals surface area contributed by atoms with E-state index in [-0.39, 0.29) is 11.9 Å². The van der Waals surface area contributed by atoms with Crippen LogP contribution in [0.15, 0.2) is 12.3 Å². The van der Waals surface area contributed by atoms with E-state index < -0.39 is 0 Å². The molecule has 1 N–H and O–H groups in total. The van der Waals surface area contributed by atoms with Gasteiger partial charge in [0.1, 0.15) is 0 Å². The fourth-order valence-electron chi connectivity index (χ4n) is 2.62. The van der Waals surface area contributed by atoms with Crippen molar-refractivity contribution in [2.24, 2.45) is 7.05 Å². The molecular formula is C16H25N5O. The van der Waals surface area contributed by atoms with Gasteiger partial charge < -0.3 is 5.32 Å². The Labute approximate surface area is 131 Å². The van der Waals surface area contributed by atoms with Gasteiger partial charge in [-0.2, -0.15) is 10.2 Å². The van der Waals surface area contributed by atoms with Crippen LogP contribution in [0.5, 0.6) is 0 Å². The third-order valence-electron chi connectivity index (χ3n) is 3.99. The average Bonchev–Trinajstić information content (AvgIpc) is 2.93. The summed E-state index contributed by atoms with van der Waals surface area (Å²) in [4.78, 5) is 12.1. The number of carbonyl (C=O) groups is 1. The van der Waals surface area contributed by atoms with Gasteiger partial charge in [0.2, 0.25) is 5.91 Å². The van der Waals surface area contributed by atoms with Crippen LogP contribution in [-0.4, -0.2) is 25.5 Å². The van der Waals surface area contributed by atoms with Gasteiger partial charge in [0.05, 0.1) is 17.9 Å². The first-order valence-electron chi connectivity index (χ1n) is 7.67. The van der Waals surface area contributed by atoms with E-state index in [1.54, 1.807) is 0 Å². The second kappa shape index (κ2) is 6.77. The van der Waals surface area contributed by atoms with Crippen molar-refractivity contribution in [1.29, 1.82) is 0 Å². The molecule has 1 amide bonds. The van der Waals surface area contributed by atoms with Gasteiger partial charge in [0, 0.05) is 37.0 Å². The largest absolute Gasteiger partial charge is 0.349 e. The van der Waals surface area contributed by atoms with Gasteiger partial charge in [-0.25, -0.2) is 0 Å². The molecule has 0 bridgehead atoms. The lowest BCUT2D eigenvalue weighted by Crippen LogP contribution is -2.27. The molecule has 1 atom stereocenters. The number of hydrogen-bond acceptors (Lipinski definition) is 3. The molecule has 120 valence electrons. The molecule has 2 heterocycles. The average molecular weight is 303 g/mol. The number of hydrogen-bond donors (Lipinski definition) is 1. The zero-order valence-electron chi connectivity index (χ0n) is 14.1. The van der Waals surface area contributed by atoms with E-state index in [0.29, 0.717) is 6.42 Å². The summed E-state index contributed by atoms with van der Waals surface area (Å²) in [5.41, 5.74) is 4.30. The first-order chi connectivity index (χ1) is 10.4. The van der Waals surface area contributed by atoms with Crippen molar-refractivity contribution < 1.29 is 4.79 Å². The lowest BCUT2D eigenvalue weighted by molar-refractivity contribution is -0.121. The normalized spacial score (nSPS) is 12.4. The van der Waals surface area contributed by atoms with Crippen LogP contribution >= 0.6 is 0 Å². The maximum absolute atomic E-state index is 12.1. The highest BCUT2D eigenvalue weighted by Crippen LogP contribution is 2.16. The minimum atomic E-state index is -0.0186. The number of aryl methyl sites for hydroxylation is 4. The highest BCUT2D eigenvalue weighted by Gasteiger charge is 2.14. The highest BCUT2D eigenvalue weighted by atomic mass is 16.1. The molecule has 0 aliphatic rings. The molecule has 0 aliphatic heterocycles. The molecule has 0 saturated carbocycles.